The van der Waals surface area contributed by atoms with Crippen LogP contribution < -0.4 is 5.19 Å². The molecule has 0 fully saturated rings. The van der Waals surface area contributed by atoms with Gasteiger partial charge in [-0.25, -0.2) is 0 Å². The van der Waals surface area contributed by atoms with Crippen molar-refractivity contribution >= 4 is 13.5 Å². The molecule has 1 aliphatic carbocycles. The maximum absolute atomic E-state index is 6.85. The van der Waals surface area contributed by atoms with Gasteiger partial charge in [-0.2, -0.15) is 0 Å². The molecule has 3 heteroatoms. The zero-order valence-electron chi connectivity index (χ0n) is 17.9. The fourth-order valence-electron chi connectivity index (χ4n) is 4.67. The van der Waals surface area contributed by atoms with Gasteiger partial charge in [0.1, 0.15) is 0 Å². The normalized spacial score (nSPS) is 14.5. The molecule has 0 aliphatic heterocycles. The van der Waals surface area contributed by atoms with E-state index in [9.17, 15) is 0 Å². The van der Waals surface area contributed by atoms with Crippen LogP contribution in [-0.4, -0.2) is 28.1 Å². The molecule has 0 bridgehead atoms. The monoisotopic (exact) mass is 402 g/mol. The van der Waals surface area contributed by atoms with Crippen molar-refractivity contribution in [3.8, 4) is 11.1 Å². The maximum atomic E-state index is 6.85. The van der Waals surface area contributed by atoms with Gasteiger partial charge in [0.2, 0.25) is 8.32 Å². The molecule has 0 aromatic heterocycles. The Balaban J connectivity index is 1.76. The highest BCUT2D eigenvalue weighted by molar-refractivity contribution is 6.84. The summed E-state index contributed by atoms with van der Waals surface area (Å²) in [5.74, 6) is 0. The Morgan fingerprint density at radius 3 is 1.90 bits per heavy atom. The first-order valence-electron chi connectivity index (χ1n) is 10.5. The molecule has 0 unspecified atom stereocenters. The molecule has 2 nitrogen and oxygen atoms in total. The van der Waals surface area contributed by atoms with E-state index in [2.05, 4.69) is 99.7 Å². The summed E-state index contributed by atoms with van der Waals surface area (Å²) in [6.45, 7) is 10.8. The molecule has 0 spiro atoms. The Morgan fingerprint density at radius 1 is 0.759 bits per heavy atom. The van der Waals surface area contributed by atoms with Crippen molar-refractivity contribution in [2.24, 2.45) is 0 Å². The first-order valence-corrected chi connectivity index (χ1v) is 13.4. The average molecular weight is 403 g/mol. The number of hydrogen-bond acceptors (Lipinski definition) is 2. The van der Waals surface area contributed by atoms with Gasteiger partial charge in [0.05, 0.1) is 18.6 Å². The third-order valence-electron chi connectivity index (χ3n) is 6.20. The lowest BCUT2D eigenvalue weighted by atomic mass is 9.79. The van der Waals surface area contributed by atoms with Gasteiger partial charge in [0.25, 0.3) is 0 Å². The molecule has 0 amide bonds. The lowest BCUT2D eigenvalue weighted by Crippen LogP contribution is -2.50. The van der Waals surface area contributed by atoms with Gasteiger partial charge >= 0.3 is 0 Å². The molecule has 3 aromatic rings. The molecule has 0 saturated heterocycles. The first kappa shape index (κ1) is 20.1. The fraction of sp³-hybridized carbons (Fsp3) is 0.308. The standard InChI is InChI=1S/C26H30O2Si/c1-5-27-18-26(19-28-29(3,4)25-17-11-6-12-20(25)2)23-15-9-7-13-21(23)22-14-8-10-16-24(22)26/h6-17H,5,18-19H2,1-4H3. The highest BCUT2D eigenvalue weighted by atomic mass is 28.4. The second kappa shape index (κ2) is 7.90. The maximum Gasteiger partial charge on any atom is 0.218 e. The Morgan fingerprint density at radius 2 is 1.31 bits per heavy atom. The lowest BCUT2D eigenvalue weighted by Gasteiger charge is -2.36. The predicted octanol–water partition coefficient (Wildman–Crippen LogP) is 5.43. The van der Waals surface area contributed by atoms with Crippen LogP contribution in [0.25, 0.3) is 11.1 Å². The fourth-order valence-corrected chi connectivity index (χ4v) is 6.97. The molecule has 3 aromatic carbocycles. The number of hydrogen-bond donors (Lipinski definition) is 0. The van der Waals surface area contributed by atoms with Crippen LogP contribution in [0.5, 0.6) is 0 Å². The summed E-state index contributed by atoms with van der Waals surface area (Å²) >= 11 is 0. The summed E-state index contributed by atoms with van der Waals surface area (Å²) < 4.78 is 12.9. The van der Waals surface area contributed by atoms with Crippen LogP contribution in [0.1, 0.15) is 23.6 Å². The van der Waals surface area contributed by atoms with Gasteiger partial charge < -0.3 is 9.16 Å². The third-order valence-corrected chi connectivity index (χ3v) is 8.93. The molecule has 0 radical (unpaired) electrons. The average Bonchev–Trinajstić information content (AvgIpc) is 3.02. The van der Waals surface area contributed by atoms with Crippen LogP contribution in [0.2, 0.25) is 13.1 Å². The number of rotatable bonds is 7. The quantitative estimate of drug-likeness (QED) is 0.491. The molecule has 1 aliphatic rings. The molecule has 0 N–H and O–H groups in total. The van der Waals surface area contributed by atoms with E-state index < -0.39 is 8.32 Å². The zero-order valence-corrected chi connectivity index (χ0v) is 18.9. The van der Waals surface area contributed by atoms with Crippen molar-refractivity contribution < 1.29 is 9.16 Å². The topological polar surface area (TPSA) is 18.5 Å². The highest BCUT2D eigenvalue weighted by Gasteiger charge is 2.45. The molecule has 0 saturated carbocycles. The summed E-state index contributed by atoms with van der Waals surface area (Å²) in [6, 6.07) is 26.1. The van der Waals surface area contributed by atoms with Crippen molar-refractivity contribution in [2.45, 2.75) is 32.4 Å². The SMILES string of the molecule is CCOCC1(CO[Si](C)(C)c2ccccc2C)c2ccccc2-c2ccccc21. The summed E-state index contributed by atoms with van der Waals surface area (Å²) in [5.41, 5.74) is 6.31. The van der Waals surface area contributed by atoms with Crippen LogP contribution in [0.4, 0.5) is 0 Å². The molecule has 150 valence electrons. The van der Waals surface area contributed by atoms with E-state index in [-0.39, 0.29) is 5.41 Å². The van der Waals surface area contributed by atoms with E-state index in [0.29, 0.717) is 19.8 Å². The van der Waals surface area contributed by atoms with Crippen molar-refractivity contribution in [1.82, 2.24) is 0 Å². The van der Waals surface area contributed by atoms with Crippen LogP contribution in [0.3, 0.4) is 0 Å². The lowest BCUT2D eigenvalue weighted by molar-refractivity contribution is 0.0826. The van der Waals surface area contributed by atoms with Crippen LogP contribution in [0, 0.1) is 6.92 Å². The minimum atomic E-state index is -2.08. The Hall–Kier alpha value is -2.20. The van der Waals surface area contributed by atoms with Crippen LogP contribution in [0.15, 0.2) is 72.8 Å². The highest BCUT2D eigenvalue weighted by Crippen LogP contribution is 2.49. The number of ether oxygens (including phenoxy) is 1. The van der Waals surface area contributed by atoms with Gasteiger partial charge in [-0.1, -0.05) is 72.8 Å². The van der Waals surface area contributed by atoms with E-state index in [1.54, 1.807) is 0 Å². The number of aryl methyl sites for hydroxylation is 1. The molecule has 0 heterocycles. The molecule has 4 rings (SSSR count). The van der Waals surface area contributed by atoms with Gasteiger partial charge in [-0.15, -0.1) is 0 Å². The van der Waals surface area contributed by atoms with Gasteiger partial charge in [0, 0.05) is 6.61 Å². The molecule has 29 heavy (non-hydrogen) atoms. The predicted molar refractivity (Wildman–Crippen MR) is 123 cm³/mol. The molecular weight excluding hydrogens is 372 g/mol. The van der Waals surface area contributed by atoms with Crippen molar-refractivity contribution in [1.29, 1.82) is 0 Å². The Labute approximate surface area is 175 Å². The second-order valence-electron chi connectivity index (χ2n) is 8.42. The third kappa shape index (κ3) is 3.48. The van der Waals surface area contributed by atoms with E-state index >= 15 is 0 Å². The minimum Gasteiger partial charge on any atom is -0.412 e. The summed E-state index contributed by atoms with van der Waals surface area (Å²) in [7, 11) is -2.08. The Kier molecular flexibility index (Phi) is 5.47. The van der Waals surface area contributed by atoms with E-state index in [1.165, 1.54) is 33.0 Å². The first-order chi connectivity index (χ1) is 14.0. The number of fused-ring (bicyclic) bond motifs is 3. The summed E-state index contributed by atoms with van der Waals surface area (Å²) in [6.07, 6.45) is 0. The van der Waals surface area contributed by atoms with E-state index in [4.69, 9.17) is 9.16 Å². The van der Waals surface area contributed by atoms with Gasteiger partial charge in [-0.05, 0) is 59.9 Å². The van der Waals surface area contributed by atoms with Gasteiger partial charge in [0.15, 0.2) is 0 Å². The minimum absolute atomic E-state index is 0.268. The summed E-state index contributed by atoms with van der Waals surface area (Å²) in [5, 5.41) is 1.37. The van der Waals surface area contributed by atoms with E-state index in [0.717, 1.165) is 0 Å². The van der Waals surface area contributed by atoms with Gasteiger partial charge in [-0.3, -0.25) is 0 Å². The molecule has 0 atom stereocenters. The molecular formula is C26H30O2Si. The smallest absolute Gasteiger partial charge is 0.218 e. The van der Waals surface area contributed by atoms with E-state index in [1.807, 2.05) is 0 Å². The second-order valence-corrected chi connectivity index (χ2v) is 12.3. The van der Waals surface area contributed by atoms with Crippen LogP contribution >= 0.6 is 0 Å². The van der Waals surface area contributed by atoms with Crippen molar-refractivity contribution in [3.63, 3.8) is 0 Å². The van der Waals surface area contributed by atoms with Crippen molar-refractivity contribution in [2.75, 3.05) is 19.8 Å². The zero-order chi connectivity index (χ0) is 20.5. The van der Waals surface area contributed by atoms with Crippen LogP contribution in [-0.2, 0) is 14.6 Å². The summed E-state index contributed by atoms with van der Waals surface area (Å²) in [4.78, 5) is 0. The largest absolute Gasteiger partial charge is 0.412 e. The number of benzene rings is 3. The Bertz CT molecular complexity index is 963. The van der Waals surface area contributed by atoms with Crippen molar-refractivity contribution in [3.05, 3.63) is 89.5 Å².